The maximum Gasteiger partial charge on any atom is 0.243 e. The molecule has 1 amide bonds. The number of carbonyl (C=O) groups is 1. The molecule has 0 spiro atoms. The molecule has 1 aliphatic heterocycles. The highest BCUT2D eigenvalue weighted by molar-refractivity contribution is 8.00. The zero-order chi connectivity index (χ0) is 23.8. The Hall–Kier alpha value is -2.42. The maximum absolute atomic E-state index is 12.9. The highest BCUT2D eigenvalue weighted by Gasteiger charge is 2.27. The molecular weight excluding hydrogens is 454 g/mol. The van der Waals surface area contributed by atoms with Gasteiger partial charge in [-0.2, -0.15) is 4.31 Å². The Balaban J connectivity index is 1.53. The van der Waals surface area contributed by atoms with E-state index in [0.717, 1.165) is 51.1 Å². The number of anilines is 1. The number of rotatable bonds is 6. The van der Waals surface area contributed by atoms with E-state index in [1.807, 2.05) is 52.0 Å². The smallest absolute Gasteiger partial charge is 0.243 e. The van der Waals surface area contributed by atoms with Crippen LogP contribution in [0.15, 0.2) is 52.4 Å². The summed E-state index contributed by atoms with van der Waals surface area (Å²) in [6.45, 7) is 8.96. The number of hydrogen-bond donors (Lipinski definition) is 1. The predicted molar refractivity (Wildman–Crippen MR) is 134 cm³/mol. The highest BCUT2D eigenvalue weighted by atomic mass is 32.2. The fourth-order valence-electron chi connectivity index (χ4n) is 4.06. The number of thioether (sulfide) groups is 1. The van der Waals surface area contributed by atoms with Crippen molar-refractivity contribution in [2.75, 3.05) is 18.4 Å². The maximum atomic E-state index is 12.9. The second-order valence-electron chi connectivity index (χ2n) is 8.64. The molecule has 8 heteroatoms. The van der Waals surface area contributed by atoms with Gasteiger partial charge in [-0.05, 0) is 82.0 Å². The van der Waals surface area contributed by atoms with Gasteiger partial charge in [0.25, 0.3) is 0 Å². The second kappa shape index (κ2) is 9.44. The van der Waals surface area contributed by atoms with Crippen LogP contribution in [-0.4, -0.2) is 42.0 Å². The summed E-state index contributed by atoms with van der Waals surface area (Å²) in [4.78, 5) is 17.8. The van der Waals surface area contributed by atoms with E-state index in [-0.39, 0.29) is 11.2 Å². The molecular formula is C25H29N3O3S2. The Morgan fingerprint density at radius 3 is 2.45 bits per heavy atom. The summed E-state index contributed by atoms with van der Waals surface area (Å²) in [5.41, 5.74) is 4.65. The Kier molecular flexibility index (Phi) is 6.79. The summed E-state index contributed by atoms with van der Waals surface area (Å²) in [6.07, 6.45) is 1.81. The summed E-state index contributed by atoms with van der Waals surface area (Å²) in [7, 11) is -3.48. The molecule has 0 radical (unpaired) electrons. The largest absolute Gasteiger partial charge is 0.325 e. The molecule has 1 aliphatic rings. The average Bonchev–Trinajstić information content (AvgIpc) is 3.31. The number of benzene rings is 2. The molecule has 1 aromatic heterocycles. The third-order valence-electron chi connectivity index (χ3n) is 5.97. The number of amides is 1. The van der Waals surface area contributed by atoms with Crippen LogP contribution in [0.4, 0.5) is 5.69 Å². The zero-order valence-corrected chi connectivity index (χ0v) is 21.0. The highest BCUT2D eigenvalue weighted by Crippen LogP contribution is 2.30. The van der Waals surface area contributed by atoms with Crippen molar-refractivity contribution in [3.05, 3.63) is 59.2 Å². The monoisotopic (exact) mass is 483 g/mol. The number of aromatic nitrogens is 1. The van der Waals surface area contributed by atoms with E-state index in [0.29, 0.717) is 18.0 Å². The Labute approximate surface area is 199 Å². The van der Waals surface area contributed by atoms with Crippen molar-refractivity contribution in [2.24, 2.45) is 0 Å². The Bertz CT molecular complexity index is 1320. The molecule has 3 aromatic rings. The van der Waals surface area contributed by atoms with Crippen LogP contribution in [0.25, 0.3) is 10.9 Å². The standard InChI is InChI=1S/C25H29N3O3S2/c1-16-7-9-22(18(3)13-16)27-25(29)19(4)32-24-14-17(2)21-15-20(8-10-23(21)26-24)33(30,31)28-11-5-6-12-28/h7-10,13-15,19H,5-6,11-12H2,1-4H3,(H,27,29). The van der Waals surface area contributed by atoms with Gasteiger partial charge in [0.1, 0.15) is 0 Å². The van der Waals surface area contributed by atoms with Crippen molar-refractivity contribution in [3.8, 4) is 0 Å². The van der Waals surface area contributed by atoms with E-state index in [2.05, 4.69) is 10.3 Å². The van der Waals surface area contributed by atoms with E-state index in [1.54, 1.807) is 22.5 Å². The molecule has 6 nitrogen and oxygen atoms in total. The van der Waals surface area contributed by atoms with E-state index in [4.69, 9.17) is 0 Å². The van der Waals surface area contributed by atoms with Gasteiger partial charge in [-0.25, -0.2) is 13.4 Å². The van der Waals surface area contributed by atoms with E-state index in [1.165, 1.54) is 11.8 Å². The molecule has 0 saturated carbocycles. The molecule has 1 fully saturated rings. The van der Waals surface area contributed by atoms with Crippen LogP contribution >= 0.6 is 11.8 Å². The number of hydrogen-bond acceptors (Lipinski definition) is 5. The van der Waals surface area contributed by atoms with Crippen LogP contribution < -0.4 is 5.32 Å². The predicted octanol–water partition coefficient (Wildman–Crippen LogP) is 5.06. The van der Waals surface area contributed by atoms with Gasteiger partial charge in [0.15, 0.2) is 0 Å². The Morgan fingerprint density at radius 2 is 1.76 bits per heavy atom. The first kappa shape index (κ1) is 23.7. The minimum Gasteiger partial charge on any atom is -0.325 e. The molecule has 4 rings (SSSR count). The number of carbonyl (C=O) groups excluding carboxylic acids is 1. The fraction of sp³-hybridized carbons (Fsp3) is 0.360. The first-order chi connectivity index (χ1) is 15.6. The molecule has 2 aromatic carbocycles. The van der Waals surface area contributed by atoms with Crippen LogP contribution in [0.1, 0.15) is 36.5 Å². The minimum absolute atomic E-state index is 0.0847. The van der Waals surface area contributed by atoms with Crippen molar-refractivity contribution < 1.29 is 13.2 Å². The zero-order valence-electron chi connectivity index (χ0n) is 19.4. The van der Waals surface area contributed by atoms with Crippen LogP contribution in [-0.2, 0) is 14.8 Å². The normalized spacial score (nSPS) is 15.6. The molecule has 174 valence electrons. The quantitative estimate of drug-likeness (QED) is 0.496. The third kappa shape index (κ3) is 5.08. The lowest BCUT2D eigenvalue weighted by Crippen LogP contribution is -2.27. The molecule has 33 heavy (non-hydrogen) atoms. The van der Waals surface area contributed by atoms with Crippen molar-refractivity contribution >= 4 is 44.3 Å². The topological polar surface area (TPSA) is 79.4 Å². The van der Waals surface area contributed by atoms with Crippen molar-refractivity contribution in [3.63, 3.8) is 0 Å². The van der Waals surface area contributed by atoms with Crippen LogP contribution in [0.3, 0.4) is 0 Å². The number of pyridine rings is 1. The number of aryl methyl sites for hydroxylation is 3. The molecule has 1 unspecified atom stereocenters. The summed E-state index contributed by atoms with van der Waals surface area (Å²) < 4.78 is 27.4. The van der Waals surface area contributed by atoms with Crippen LogP contribution in [0.2, 0.25) is 0 Å². The van der Waals surface area contributed by atoms with Gasteiger partial charge in [-0.15, -0.1) is 0 Å². The molecule has 1 atom stereocenters. The number of nitrogens with zero attached hydrogens (tertiary/aromatic N) is 2. The summed E-state index contributed by atoms with van der Waals surface area (Å²) >= 11 is 1.39. The lowest BCUT2D eigenvalue weighted by Gasteiger charge is -2.17. The third-order valence-corrected chi connectivity index (χ3v) is 8.89. The van der Waals surface area contributed by atoms with E-state index in [9.17, 15) is 13.2 Å². The van der Waals surface area contributed by atoms with Gasteiger partial charge in [-0.3, -0.25) is 4.79 Å². The average molecular weight is 484 g/mol. The van der Waals surface area contributed by atoms with Gasteiger partial charge in [0.05, 0.1) is 20.7 Å². The first-order valence-corrected chi connectivity index (χ1v) is 13.4. The van der Waals surface area contributed by atoms with E-state index < -0.39 is 10.0 Å². The van der Waals surface area contributed by atoms with Crippen LogP contribution in [0, 0.1) is 20.8 Å². The van der Waals surface area contributed by atoms with Crippen LogP contribution in [0.5, 0.6) is 0 Å². The van der Waals surface area contributed by atoms with Gasteiger partial charge in [-0.1, -0.05) is 29.5 Å². The second-order valence-corrected chi connectivity index (χ2v) is 11.9. The number of nitrogens with one attached hydrogen (secondary N) is 1. The lowest BCUT2D eigenvalue weighted by molar-refractivity contribution is -0.115. The van der Waals surface area contributed by atoms with Crippen molar-refractivity contribution in [1.82, 2.24) is 9.29 Å². The number of sulfonamides is 1. The lowest BCUT2D eigenvalue weighted by atomic mass is 10.1. The Morgan fingerprint density at radius 1 is 1.03 bits per heavy atom. The molecule has 2 heterocycles. The summed E-state index contributed by atoms with van der Waals surface area (Å²) in [5, 5.41) is 4.21. The van der Waals surface area contributed by atoms with E-state index >= 15 is 0 Å². The molecule has 1 N–H and O–H groups in total. The van der Waals surface area contributed by atoms with Gasteiger partial charge in [0, 0.05) is 24.2 Å². The van der Waals surface area contributed by atoms with Crippen molar-refractivity contribution in [1.29, 1.82) is 0 Å². The summed E-state index contributed by atoms with van der Waals surface area (Å²) in [5.74, 6) is -0.0847. The first-order valence-electron chi connectivity index (χ1n) is 11.1. The van der Waals surface area contributed by atoms with Gasteiger partial charge in [0.2, 0.25) is 15.9 Å². The van der Waals surface area contributed by atoms with Gasteiger partial charge >= 0.3 is 0 Å². The summed E-state index contributed by atoms with van der Waals surface area (Å²) in [6, 6.07) is 13.0. The van der Waals surface area contributed by atoms with Crippen molar-refractivity contribution in [2.45, 2.75) is 55.7 Å². The number of fused-ring (bicyclic) bond motifs is 1. The SMILES string of the molecule is Cc1ccc(NC(=O)C(C)Sc2cc(C)c3cc(S(=O)(=O)N4CCCC4)ccc3n2)c(C)c1. The van der Waals surface area contributed by atoms with Gasteiger partial charge < -0.3 is 5.32 Å². The molecule has 0 bridgehead atoms. The minimum atomic E-state index is -3.48. The fourth-order valence-corrected chi connectivity index (χ4v) is 6.53. The molecule has 0 aliphatic carbocycles. The molecule has 1 saturated heterocycles.